The number of allylic oxidation sites excluding steroid dienone is 2. The molecule has 0 saturated carbocycles. The number of hydrogen-bond donors (Lipinski definition) is 0. The summed E-state index contributed by atoms with van der Waals surface area (Å²) in [6.07, 6.45) is 5.34. The van der Waals surface area contributed by atoms with Crippen molar-refractivity contribution in [1.29, 1.82) is 0 Å². The molecule has 0 heterocycles. The van der Waals surface area contributed by atoms with E-state index in [0.29, 0.717) is 5.41 Å². The van der Waals surface area contributed by atoms with Gasteiger partial charge in [0.05, 0.1) is 12.5 Å². The highest BCUT2D eigenvalue weighted by Crippen LogP contribution is 2.39. The topological polar surface area (TPSA) is 9.23 Å². The first-order valence-corrected chi connectivity index (χ1v) is 6.89. The maximum atomic E-state index is 6.33. The smallest absolute Gasteiger partial charge is 0.122 e. The number of rotatable bonds is 3. The zero-order valence-electron chi connectivity index (χ0n) is 11.4. The van der Waals surface area contributed by atoms with E-state index in [1.54, 1.807) is 7.11 Å². The molecule has 98 valence electrons. The molecule has 0 aromatic heterocycles. The zero-order chi connectivity index (χ0) is 13.2. The molecular weight excluding hydrogens is 244 g/mol. The molecule has 0 amide bonds. The molecule has 0 spiro atoms. The van der Waals surface area contributed by atoms with Gasteiger partial charge in [-0.3, -0.25) is 0 Å². The summed E-state index contributed by atoms with van der Waals surface area (Å²) in [7, 11) is 1.72. The van der Waals surface area contributed by atoms with E-state index in [2.05, 4.69) is 32.1 Å². The van der Waals surface area contributed by atoms with E-state index in [1.165, 1.54) is 11.1 Å². The second-order valence-corrected chi connectivity index (χ2v) is 6.44. The Morgan fingerprint density at radius 2 is 2.06 bits per heavy atom. The van der Waals surface area contributed by atoms with Crippen LogP contribution in [0, 0.1) is 5.41 Å². The number of halogens is 1. The van der Waals surface area contributed by atoms with Crippen LogP contribution in [0.4, 0.5) is 0 Å². The van der Waals surface area contributed by atoms with Crippen LogP contribution in [0.2, 0.25) is 0 Å². The van der Waals surface area contributed by atoms with Gasteiger partial charge in [-0.05, 0) is 36.3 Å². The lowest BCUT2D eigenvalue weighted by atomic mass is 9.76. The van der Waals surface area contributed by atoms with Crippen LogP contribution in [0.25, 0.3) is 0 Å². The van der Waals surface area contributed by atoms with Crippen LogP contribution >= 0.6 is 11.6 Å². The van der Waals surface area contributed by atoms with E-state index in [9.17, 15) is 0 Å². The minimum Gasteiger partial charge on any atom is -0.496 e. The van der Waals surface area contributed by atoms with Gasteiger partial charge in [0, 0.05) is 0 Å². The number of para-hydroxylation sites is 1. The van der Waals surface area contributed by atoms with Crippen molar-refractivity contribution in [2.75, 3.05) is 7.11 Å². The molecule has 0 saturated heterocycles. The molecule has 0 N–H and O–H groups in total. The number of methoxy groups -OCH3 is 1. The van der Waals surface area contributed by atoms with Crippen LogP contribution in [0.3, 0.4) is 0 Å². The van der Waals surface area contributed by atoms with Gasteiger partial charge >= 0.3 is 0 Å². The first-order valence-electron chi connectivity index (χ1n) is 6.46. The summed E-state index contributed by atoms with van der Waals surface area (Å²) in [6, 6.07) is 8.21. The molecule has 0 fully saturated rings. The van der Waals surface area contributed by atoms with Gasteiger partial charge in [-0.25, -0.2) is 0 Å². The summed E-state index contributed by atoms with van der Waals surface area (Å²) >= 11 is 6.33. The highest BCUT2D eigenvalue weighted by molar-refractivity contribution is 6.21. The van der Waals surface area contributed by atoms with Crippen molar-refractivity contribution >= 4 is 11.6 Å². The molecule has 1 aliphatic carbocycles. The minimum atomic E-state index is 0.165. The van der Waals surface area contributed by atoms with Crippen LogP contribution in [-0.2, 0) is 6.42 Å². The Morgan fingerprint density at radius 3 is 2.72 bits per heavy atom. The van der Waals surface area contributed by atoms with Crippen molar-refractivity contribution in [3.8, 4) is 5.75 Å². The third-order valence-corrected chi connectivity index (χ3v) is 3.76. The minimum absolute atomic E-state index is 0.165. The van der Waals surface area contributed by atoms with Crippen molar-refractivity contribution in [2.24, 2.45) is 5.41 Å². The highest BCUT2D eigenvalue weighted by Gasteiger charge is 2.27. The normalized spacial score (nSPS) is 22.4. The molecule has 1 aromatic rings. The predicted octanol–water partition coefficient (Wildman–Crippen LogP) is 4.59. The van der Waals surface area contributed by atoms with Crippen molar-refractivity contribution < 1.29 is 4.74 Å². The SMILES string of the molecule is COc1ccccc1CC1=CC(Cl)CC(C)(C)C1. The van der Waals surface area contributed by atoms with E-state index in [1.807, 2.05) is 12.1 Å². The average Bonchev–Trinajstić information content (AvgIpc) is 2.27. The predicted molar refractivity (Wildman–Crippen MR) is 77.4 cm³/mol. The summed E-state index contributed by atoms with van der Waals surface area (Å²) in [6.45, 7) is 4.58. The standard InChI is InChI=1S/C16H21ClO/c1-16(2)10-12(9-14(17)11-16)8-13-6-4-5-7-15(13)18-3/h4-7,9,14H,8,10-11H2,1-3H3. The van der Waals surface area contributed by atoms with Gasteiger partial charge in [-0.1, -0.05) is 43.7 Å². The lowest BCUT2D eigenvalue weighted by Gasteiger charge is -2.32. The van der Waals surface area contributed by atoms with Crippen molar-refractivity contribution in [3.05, 3.63) is 41.5 Å². The second-order valence-electron chi connectivity index (χ2n) is 5.87. The van der Waals surface area contributed by atoms with Crippen molar-refractivity contribution in [1.82, 2.24) is 0 Å². The monoisotopic (exact) mass is 264 g/mol. The molecule has 1 unspecified atom stereocenters. The van der Waals surface area contributed by atoms with Crippen LogP contribution in [0.5, 0.6) is 5.75 Å². The summed E-state index contributed by atoms with van der Waals surface area (Å²) in [5.74, 6) is 0.966. The molecule has 2 rings (SSSR count). The Morgan fingerprint density at radius 1 is 1.33 bits per heavy atom. The van der Waals surface area contributed by atoms with Gasteiger partial charge in [0.25, 0.3) is 0 Å². The number of alkyl halides is 1. The molecule has 1 nitrogen and oxygen atoms in total. The van der Waals surface area contributed by atoms with Gasteiger partial charge < -0.3 is 4.74 Å². The summed E-state index contributed by atoms with van der Waals surface area (Å²) in [4.78, 5) is 0. The second kappa shape index (κ2) is 5.36. The fourth-order valence-corrected chi connectivity index (χ4v) is 3.40. The molecule has 18 heavy (non-hydrogen) atoms. The lowest BCUT2D eigenvalue weighted by Crippen LogP contribution is -2.22. The van der Waals surface area contributed by atoms with Crippen LogP contribution in [0.15, 0.2) is 35.9 Å². The van der Waals surface area contributed by atoms with Gasteiger partial charge in [-0.15, -0.1) is 11.6 Å². The quantitative estimate of drug-likeness (QED) is 0.573. The van der Waals surface area contributed by atoms with Crippen LogP contribution in [-0.4, -0.2) is 12.5 Å². The zero-order valence-corrected chi connectivity index (χ0v) is 12.1. The molecule has 1 aliphatic rings. The van der Waals surface area contributed by atoms with E-state index >= 15 is 0 Å². The third kappa shape index (κ3) is 3.29. The Balaban J connectivity index is 2.18. The molecule has 0 bridgehead atoms. The maximum absolute atomic E-state index is 6.33. The largest absolute Gasteiger partial charge is 0.496 e. The van der Waals surface area contributed by atoms with Gasteiger partial charge in [0.1, 0.15) is 5.75 Å². The molecular formula is C16H21ClO. The summed E-state index contributed by atoms with van der Waals surface area (Å²) in [5, 5.41) is 0.165. The maximum Gasteiger partial charge on any atom is 0.122 e. The molecule has 1 aromatic carbocycles. The summed E-state index contributed by atoms with van der Waals surface area (Å²) < 4.78 is 5.41. The van der Waals surface area contributed by atoms with E-state index in [-0.39, 0.29) is 5.38 Å². The first-order chi connectivity index (χ1) is 8.50. The first kappa shape index (κ1) is 13.5. The lowest BCUT2D eigenvalue weighted by molar-refractivity contribution is 0.320. The van der Waals surface area contributed by atoms with Crippen LogP contribution in [0.1, 0.15) is 32.3 Å². The third-order valence-electron chi connectivity index (χ3n) is 3.48. The van der Waals surface area contributed by atoms with Crippen LogP contribution < -0.4 is 4.74 Å². The Labute approximate surface area is 115 Å². The van der Waals surface area contributed by atoms with Crippen molar-refractivity contribution in [2.45, 2.75) is 38.5 Å². The fraction of sp³-hybridized carbons (Fsp3) is 0.500. The number of hydrogen-bond acceptors (Lipinski definition) is 1. The Bertz CT molecular complexity index is 448. The molecule has 0 aliphatic heterocycles. The summed E-state index contributed by atoms with van der Waals surface area (Å²) in [5.41, 5.74) is 2.97. The Hall–Kier alpha value is -0.950. The number of ether oxygens (including phenoxy) is 1. The van der Waals surface area contributed by atoms with Gasteiger partial charge in [0.2, 0.25) is 0 Å². The highest BCUT2D eigenvalue weighted by atomic mass is 35.5. The molecule has 1 atom stereocenters. The van der Waals surface area contributed by atoms with E-state index in [4.69, 9.17) is 16.3 Å². The fourth-order valence-electron chi connectivity index (χ4n) is 2.80. The molecule has 0 radical (unpaired) electrons. The van der Waals surface area contributed by atoms with E-state index < -0.39 is 0 Å². The average molecular weight is 265 g/mol. The van der Waals surface area contributed by atoms with Gasteiger partial charge in [-0.2, -0.15) is 0 Å². The van der Waals surface area contributed by atoms with E-state index in [0.717, 1.165) is 25.0 Å². The number of benzene rings is 1. The van der Waals surface area contributed by atoms with Gasteiger partial charge in [0.15, 0.2) is 0 Å². The Kier molecular flexibility index (Phi) is 4.01. The molecule has 2 heteroatoms. The van der Waals surface area contributed by atoms with Crippen molar-refractivity contribution in [3.63, 3.8) is 0 Å².